The lowest BCUT2D eigenvalue weighted by molar-refractivity contribution is 0.523. The highest BCUT2D eigenvalue weighted by Crippen LogP contribution is 2.23. The van der Waals surface area contributed by atoms with Crippen molar-refractivity contribution < 1.29 is 8.42 Å². The van der Waals surface area contributed by atoms with Crippen LogP contribution in [0.1, 0.15) is 22.9 Å². The molecule has 0 aliphatic heterocycles. The molecule has 0 bridgehead atoms. The van der Waals surface area contributed by atoms with Gasteiger partial charge in [0.1, 0.15) is 4.21 Å². The predicted octanol–water partition coefficient (Wildman–Crippen LogP) is 2.56. The quantitative estimate of drug-likeness (QED) is 0.559. The molecular weight excluding hydrogens is 368 g/mol. The van der Waals surface area contributed by atoms with Crippen LogP contribution in [0.2, 0.25) is 0 Å². The topological polar surface area (TPSA) is 73.8 Å². The molecular formula is C18H26N4O2S2. The molecule has 0 aliphatic carbocycles. The van der Waals surface area contributed by atoms with Crippen molar-refractivity contribution in [3.05, 3.63) is 52.4 Å². The Morgan fingerprint density at radius 2 is 1.81 bits per heavy atom. The van der Waals surface area contributed by atoms with Crippen molar-refractivity contribution in [3.63, 3.8) is 0 Å². The van der Waals surface area contributed by atoms with Gasteiger partial charge in [0.15, 0.2) is 5.96 Å². The Labute approximate surface area is 160 Å². The van der Waals surface area contributed by atoms with Crippen molar-refractivity contribution in [2.24, 2.45) is 4.99 Å². The van der Waals surface area contributed by atoms with Gasteiger partial charge >= 0.3 is 0 Å². The molecule has 2 aromatic rings. The normalized spacial score (nSPS) is 12.4. The summed E-state index contributed by atoms with van der Waals surface area (Å²) in [5, 5.41) is 6.46. The Balaban J connectivity index is 2.01. The van der Waals surface area contributed by atoms with Gasteiger partial charge in [-0.3, -0.25) is 0 Å². The van der Waals surface area contributed by atoms with Crippen molar-refractivity contribution in [1.29, 1.82) is 0 Å². The minimum absolute atomic E-state index is 0.348. The average molecular weight is 395 g/mol. The fourth-order valence-corrected chi connectivity index (χ4v) is 4.61. The molecule has 0 aliphatic rings. The maximum absolute atomic E-state index is 12.1. The molecule has 1 aromatic heterocycles. The maximum Gasteiger partial charge on any atom is 0.252 e. The van der Waals surface area contributed by atoms with E-state index in [-0.39, 0.29) is 0 Å². The third-order valence-electron chi connectivity index (χ3n) is 3.69. The molecule has 2 N–H and O–H groups in total. The van der Waals surface area contributed by atoms with E-state index in [2.05, 4.69) is 46.8 Å². The monoisotopic (exact) mass is 394 g/mol. The first-order chi connectivity index (χ1) is 12.3. The van der Waals surface area contributed by atoms with Crippen LogP contribution in [-0.2, 0) is 23.1 Å². The zero-order chi connectivity index (χ0) is 19.2. The van der Waals surface area contributed by atoms with Crippen LogP contribution in [0.4, 0.5) is 0 Å². The van der Waals surface area contributed by atoms with E-state index < -0.39 is 10.0 Å². The van der Waals surface area contributed by atoms with E-state index in [1.54, 1.807) is 6.07 Å². The van der Waals surface area contributed by atoms with Crippen molar-refractivity contribution >= 4 is 27.3 Å². The van der Waals surface area contributed by atoms with Gasteiger partial charge in [0.25, 0.3) is 10.0 Å². The summed E-state index contributed by atoms with van der Waals surface area (Å²) >= 11 is 1.27. The Hall–Kier alpha value is -1.90. The summed E-state index contributed by atoms with van der Waals surface area (Å²) in [6, 6.07) is 11.8. The van der Waals surface area contributed by atoms with Crippen molar-refractivity contribution in [3.8, 4) is 0 Å². The van der Waals surface area contributed by atoms with Gasteiger partial charge in [-0.1, -0.05) is 29.8 Å². The van der Waals surface area contributed by atoms with Crippen molar-refractivity contribution in [1.82, 2.24) is 14.9 Å². The number of aliphatic imine (C=N–C) groups is 1. The molecule has 0 spiro atoms. The van der Waals surface area contributed by atoms with Crippen LogP contribution in [0.3, 0.4) is 0 Å². The van der Waals surface area contributed by atoms with E-state index in [1.165, 1.54) is 35.3 Å². The number of thiophene rings is 1. The maximum atomic E-state index is 12.1. The van der Waals surface area contributed by atoms with Gasteiger partial charge in [-0.25, -0.2) is 17.7 Å². The van der Waals surface area contributed by atoms with Gasteiger partial charge in [0.2, 0.25) is 0 Å². The largest absolute Gasteiger partial charge is 0.357 e. The summed E-state index contributed by atoms with van der Waals surface area (Å²) < 4.78 is 25.9. The molecule has 0 radical (unpaired) electrons. The average Bonchev–Trinajstić information content (AvgIpc) is 3.08. The second kappa shape index (κ2) is 9.16. The minimum Gasteiger partial charge on any atom is -0.357 e. The number of hydrogen-bond donors (Lipinski definition) is 2. The third kappa shape index (κ3) is 5.55. The minimum atomic E-state index is -3.38. The Morgan fingerprint density at radius 1 is 1.12 bits per heavy atom. The van der Waals surface area contributed by atoms with E-state index in [4.69, 9.17) is 0 Å². The van der Waals surface area contributed by atoms with E-state index in [0.717, 1.165) is 17.0 Å². The van der Waals surface area contributed by atoms with Crippen LogP contribution in [0, 0.1) is 6.92 Å². The second-order valence-corrected chi connectivity index (χ2v) is 9.59. The predicted molar refractivity (Wildman–Crippen MR) is 108 cm³/mol. The lowest BCUT2D eigenvalue weighted by atomic mass is 10.1. The van der Waals surface area contributed by atoms with Gasteiger partial charge in [0.05, 0.1) is 13.1 Å². The van der Waals surface area contributed by atoms with Gasteiger partial charge < -0.3 is 10.6 Å². The first-order valence-corrected chi connectivity index (χ1v) is 10.7. The number of benzene rings is 1. The molecule has 8 heteroatoms. The fraction of sp³-hybridized carbons (Fsp3) is 0.389. The van der Waals surface area contributed by atoms with Crippen LogP contribution in [0.15, 0.2) is 45.6 Å². The summed E-state index contributed by atoms with van der Waals surface area (Å²) in [5.41, 5.74) is 2.37. The van der Waals surface area contributed by atoms with Gasteiger partial charge in [-0.15, -0.1) is 11.3 Å². The number of aryl methyl sites for hydroxylation is 1. The van der Waals surface area contributed by atoms with Gasteiger partial charge in [0, 0.05) is 25.5 Å². The molecule has 2 rings (SSSR count). The number of guanidine groups is 1. The molecule has 1 heterocycles. The first kappa shape index (κ1) is 20.4. The molecule has 142 valence electrons. The van der Waals surface area contributed by atoms with E-state index in [1.807, 2.05) is 13.0 Å². The van der Waals surface area contributed by atoms with E-state index >= 15 is 0 Å². The summed E-state index contributed by atoms with van der Waals surface area (Å²) in [6.07, 6.45) is 0. The van der Waals surface area contributed by atoms with Crippen LogP contribution < -0.4 is 10.6 Å². The van der Waals surface area contributed by atoms with Crippen LogP contribution in [0.5, 0.6) is 0 Å². The molecule has 0 atom stereocenters. The molecule has 26 heavy (non-hydrogen) atoms. The Bertz CT molecular complexity index is 840. The number of nitrogens with one attached hydrogen (secondary N) is 2. The smallest absolute Gasteiger partial charge is 0.252 e. The fourth-order valence-electron chi connectivity index (χ4n) is 2.15. The highest BCUT2D eigenvalue weighted by atomic mass is 32.2. The van der Waals surface area contributed by atoms with E-state index in [0.29, 0.717) is 23.3 Å². The number of hydrogen-bond acceptors (Lipinski definition) is 4. The lowest BCUT2D eigenvalue weighted by Gasteiger charge is -2.11. The molecule has 0 fully saturated rings. The van der Waals surface area contributed by atoms with Crippen molar-refractivity contribution in [2.45, 2.75) is 31.1 Å². The standard InChI is InChI=1S/C18H26N4O2S2/c1-5-19-18(20-12-15-8-6-14(2)7-9-15)21-13-16-10-11-17(25-16)26(23,24)22(3)4/h6-11H,5,12-13H2,1-4H3,(H2,19,20,21). The number of rotatable bonds is 7. The molecule has 0 saturated heterocycles. The molecule has 1 aromatic carbocycles. The third-order valence-corrected chi connectivity index (χ3v) is 7.05. The molecule has 0 saturated carbocycles. The van der Waals surface area contributed by atoms with Crippen LogP contribution in [-0.4, -0.2) is 39.3 Å². The van der Waals surface area contributed by atoms with Gasteiger partial charge in [-0.2, -0.15) is 0 Å². The van der Waals surface area contributed by atoms with Crippen LogP contribution in [0.25, 0.3) is 0 Å². The summed E-state index contributed by atoms with van der Waals surface area (Å²) in [7, 11) is -0.305. The molecule has 6 nitrogen and oxygen atoms in total. The highest BCUT2D eigenvalue weighted by molar-refractivity contribution is 7.91. The highest BCUT2D eigenvalue weighted by Gasteiger charge is 2.19. The van der Waals surface area contributed by atoms with Gasteiger partial charge in [-0.05, 0) is 31.5 Å². The van der Waals surface area contributed by atoms with Crippen LogP contribution >= 0.6 is 11.3 Å². The molecule has 0 amide bonds. The second-order valence-electron chi connectivity index (χ2n) is 6.04. The molecule has 0 unspecified atom stereocenters. The Morgan fingerprint density at radius 3 is 2.42 bits per heavy atom. The lowest BCUT2D eigenvalue weighted by Crippen LogP contribution is -2.36. The zero-order valence-corrected chi connectivity index (χ0v) is 17.2. The summed E-state index contributed by atoms with van der Waals surface area (Å²) in [6.45, 7) is 5.93. The summed E-state index contributed by atoms with van der Waals surface area (Å²) in [4.78, 5) is 5.52. The first-order valence-electron chi connectivity index (χ1n) is 8.42. The van der Waals surface area contributed by atoms with Crippen molar-refractivity contribution in [2.75, 3.05) is 20.6 Å². The number of nitrogens with zero attached hydrogens (tertiary/aromatic N) is 2. The zero-order valence-electron chi connectivity index (χ0n) is 15.6. The summed E-state index contributed by atoms with van der Waals surface area (Å²) in [5.74, 6) is 0.707. The number of sulfonamides is 1. The SMILES string of the molecule is CCNC(=NCc1ccc(C)cc1)NCc1ccc(S(=O)(=O)N(C)C)s1. The Kier molecular flexibility index (Phi) is 7.19. The van der Waals surface area contributed by atoms with E-state index in [9.17, 15) is 8.42 Å².